The quantitative estimate of drug-likeness (QED) is 0.697. The van der Waals surface area contributed by atoms with Crippen molar-refractivity contribution in [2.75, 3.05) is 13.2 Å². The van der Waals surface area contributed by atoms with Crippen LogP contribution in [0.5, 0.6) is 0 Å². The molecule has 0 saturated carbocycles. The molecule has 0 amide bonds. The zero-order valence-corrected chi connectivity index (χ0v) is 17.8. The molecule has 3 saturated heterocycles. The van der Waals surface area contributed by atoms with Crippen molar-refractivity contribution >= 4 is 0 Å². The monoisotopic (exact) mass is 455 g/mol. The van der Waals surface area contributed by atoms with E-state index in [2.05, 4.69) is 10.3 Å². The molecule has 32 heavy (non-hydrogen) atoms. The molecule has 174 valence electrons. The van der Waals surface area contributed by atoms with Gasteiger partial charge in [-0.2, -0.15) is 0 Å². The van der Waals surface area contributed by atoms with E-state index in [-0.39, 0.29) is 23.8 Å². The predicted octanol–water partition coefficient (Wildman–Crippen LogP) is 2.57. The Labute approximate surface area is 182 Å². The molecule has 0 radical (unpaired) electrons. The summed E-state index contributed by atoms with van der Waals surface area (Å²) in [6.45, 7) is 6.14. The summed E-state index contributed by atoms with van der Waals surface area (Å²) >= 11 is 0. The molecule has 2 aromatic rings. The van der Waals surface area contributed by atoms with Crippen molar-refractivity contribution in [2.45, 2.75) is 63.1 Å². The fourth-order valence-electron chi connectivity index (χ4n) is 4.70. The maximum absolute atomic E-state index is 13.7. The van der Waals surface area contributed by atoms with Gasteiger partial charge in [-0.1, -0.05) is 12.1 Å². The summed E-state index contributed by atoms with van der Waals surface area (Å²) in [4.78, 5) is 0. The van der Waals surface area contributed by atoms with Gasteiger partial charge < -0.3 is 24.1 Å². The molecule has 6 unspecified atom stereocenters. The highest BCUT2D eigenvalue weighted by molar-refractivity contribution is 5.57. The van der Waals surface area contributed by atoms with Gasteiger partial charge in [0.1, 0.15) is 30.0 Å². The first-order valence-electron chi connectivity index (χ1n) is 10.5. The molecular formula is C21H24F3N3O5. The van der Waals surface area contributed by atoms with Gasteiger partial charge in [-0.25, -0.2) is 17.9 Å². The number of rotatable bonds is 2. The van der Waals surface area contributed by atoms with Crippen molar-refractivity contribution < 1.29 is 37.2 Å². The lowest BCUT2D eigenvalue weighted by atomic mass is 9.86. The van der Waals surface area contributed by atoms with Crippen LogP contribution in [0.2, 0.25) is 0 Å². The van der Waals surface area contributed by atoms with Gasteiger partial charge in [-0.3, -0.25) is 0 Å². The predicted molar refractivity (Wildman–Crippen MR) is 103 cm³/mol. The van der Waals surface area contributed by atoms with E-state index in [1.54, 1.807) is 13.8 Å². The first-order valence-corrected chi connectivity index (χ1v) is 10.5. The van der Waals surface area contributed by atoms with E-state index < -0.39 is 53.4 Å². The molecule has 5 rings (SSSR count). The summed E-state index contributed by atoms with van der Waals surface area (Å²) in [5.41, 5.74) is 0.124. The number of benzene rings is 1. The molecule has 4 heterocycles. The van der Waals surface area contributed by atoms with Crippen LogP contribution in [0.1, 0.15) is 33.2 Å². The minimum atomic E-state index is -1.56. The number of aliphatic hydroxyl groups is 1. The Kier molecular flexibility index (Phi) is 5.10. The fourth-order valence-corrected chi connectivity index (χ4v) is 4.70. The lowest BCUT2D eigenvalue weighted by molar-refractivity contribution is -0.399. The number of aromatic nitrogens is 3. The molecule has 1 aromatic heterocycles. The molecule has 8 nitrogen and oxygen atoms in total. The van der Waals surface area contributed by atoms with Crippen molar-refractivity contribution in [1.29, 1.82) is 0 Å². The van der Waals surface area contributed by atoms with Crippen LogP contribution in [0.4, 0.5) is 13.2 Å². The maximum atomic E-state index is 13.7. The number of aliphatic hydroxyl groups excluding tert-OH is 1. The summed E-state index contributed by atoms with van der Waals surface area (Å²) in [5, 5.41) is 19.5. The van der Waals surface area contributed by atoms with Crippen molar-refractivity contribution in [2.24, 2.45) is 5.92 Å². The van der Waals surface area contributed by atoms with E-state index >= 15 is 0 Å². The highest BCUT2D eigenvalue weighted by Crippen LogP contribution is 2.47. The first-order chi connectivity index (χ1) is 15.1. The second kappa shape index (κ2) is 7.49. The molecule has 3 fully saturated rings. The van der Waals surface area contributed by atoms with Crippen LogP contribution < -0.4 is 0 Å². The molecule has 6 atom stereocenters. The Morgan fingerprint density at radius 3 is 2.47 bits per heavy atom. The third-order valence-electron chi connectivity index (χ3n) is 6.18. The summed E-state index contributed by atoms with van der Waals surface area (Å²) in [7, 11) is 0. The summed E-state index contributed by atoms with van der Waals surface area (Å²) in [6, 6.07) is 0.902. The largest absolute Gasteiger partial charge is 0.385 e. The Hall–Kier alpha value is -2.05. The number of halogens is 3. The number of fused-ring (bicyclic) bond motifs is 1. The molecule has 3 aliphatic heterocycles. The minimum Gasteiger partial charge on any atom is -0.385 e. The number of hydrogen-bond acceptors (Lipinski definition) is 7. The van der Waals surface area contributed by atoms with Gasteiger partial charge in [0.15, 0.2) is 29.0 Å². The van der Waals surface area contributed by atoms with Gasteiger partial charge in [0.05, 0.1) is 19.4 Å². The Morgan fingerprint density at radius 1 is 1.09 bits per heavy atom. The van der Waals surface area contributed by atoms with E-state index in [1.165, 1.54) is 10.9 Å². The number of nitrogens with zero attached hydrogens (tertiary/aromatic N) is 3. The van der Waals surface area contributed by atoms with Crippen molar-refractivity contribution in [3.05, 3.63) is 35.8 Å². The molecule has 3 aliphatic rings. The van der Waals surface area contributed by atoms with Crippen molar-refractivity contribution in [1.82, 2.24) is 15.0 Å². The zero-order valence-electron chi connectivity index (χ0n) is 17.8. The van der Waals surface area contributed by atoms with Gasteiger partial charge in [0.2, 0.25) is 0 Å². The van der Waals surface area contributed by atoms with Crippen LogP contribution in [-0.4, -0.2) is 63.2 Å². The Balaban J connectivity index is 1.54. The zero-order chi connectivity index (χ0) is 22.8. The lowest BCUT2D eigenvalue weighted by Gasteiger charge is -2.53. The molecule has 0 aliphatic carbocycles. The van der Waals surface area contributed by atoms with E-state index in [4.69, 9.17) is 18.9 Å². The third kappa shape index (κ3) is 3.52. The van der Waals surface area contributed by atoms with E-state index in [1.807, 2.05) is 6.92 Å². The second-order valence-electron chi connectivity index (χ2n) is 9.15. The third-order valence-corrected chi connectivity index (χ3v) is 6.18. The average Bonchev–Trinajstić information content (AvgIpc) is 3.35. The Morgan fingerprint density at radius 2 is 1.81 bits per heavy atom. The van der Waals surface area contributed by atoms with Crippen LogP contribution in [0.25, 0.3) is 11.3 Å². The topological polar surface area (TPSA) is 87.9 Å². The molecule has 0 bridgehead atoms. The summed E-state index contributed by atoms with van der Waals surface area (Å²) < 4.78 is 66.1. The lowest BCUT2D eigenvalue weighted by Crippen LogP contribution is -2.66. The smallest absolute Gasteiger partial charge is 0.197 e. The van der Waals surface area contributed by atoms with Gasteiger partial charge >= 0.3 is 0 Å². The van der Waals surface area contributed by atoms with Crippen LogP contribution in [0.3, 0.4) is 0 Å². The van der Waals surface area contributed by atoms with E-state index in [0.29, 0.717) is 13.0 Å². The number of ether oxygens (including phenoxy) is 4. The molecule has 1 N–H and O–H groups in total. The van der Waals surface area contributed by atoms with Crippen LogP contribution in [-0.2, 0) is 18.9 Å². The Bertz CT molecular complexity index is 1010. The minimum absolute atomic E-state index is 0.0134. The van der Waals surface area contributed by atoms with Gasteiger partial charge in [-0.15, -0.1) is 5.10 Å². The molecule has 1 aromatic carbocycles. The average molecular weight is 455 g/mol. The second-order valence-corrected chi connectivity index (χ2v) is 9.15. The van der Waals surface area contributed by atoms with E-state index in [0.717, 1.165) is 12.1 Å². The number of hydrogen-bond donors (Lipinski definition) is 1. The van der Waals surface area contributed by atoms with Crippen molar-refractivity contribution in [3.8, 4) is 11.3 Å². The van der Waals surface area contributed by atoms with E-state index in [9.17, 15) is 18.3 Å². The molecular weight excluding hydrogens is 431 g/mol. The summed E-state index contributed by atoms with van der Waals surface area (Å²) in [6.07, 6.45) is -0.475. The first kappa shape index (κ1) is 21.8. The normalized spacial score (nSPS) is 36.4. The van der Waals surface area contributed by atoms with Gasteiger partial charge in [0.25, 0.3) is 0 Å². The SMILES string of the molecule is CC1COC2(C1)OC1COC(C)(C)OC1C(n1cc(-c3cc(F)c(F)c(F)c3)nn1)C2O. The standard InChI is InChI=1S/C21H24F3N3O5/c1-10-6-21(30-8-10)19(28)17(18-15(31-21)9-29-20(2,3)32-18)27-7-14(25-26-27)11-4-12(22)16(24)13(23)5-11/h4-5,7,10,15,17-19,28H,6,8-9H2,1-3H3. The van der Waals surface area contributed by atoms with Crippen molar-refractivity contribution in [3.63, 3.8) is 0 Å². The van der Waals surface area contributed by atoms with Crippen LogP contribution >= 0.6 is 0 Å². The van der Waals surface area contributed by atoms with Crippen LogP contribution in [0, 0.1) is 23.4 Å². The fraction of sp³-hybridized carbons (Fsp3) is 0.619. The maximum Gasteiger partial charge on any atom is 0.197 e. The summed E-state index contributed by atoms with van der Waals surface area (Å²) in [5.74, 6) is -6.25. The van der Waals surface area contributed by atoms with Crippen LogP contribution in [0.15, 0.2) is 18.3 Å². The van der Waals surface area contributed by atoms with Gasteiger partial charge in [0, 0.05) is 12.0 Å². The highest BCUT2D eigenvalue weighted by Gasteiger charge is 2.61. The van der Waals surface area contributed by atoms with Gasteiger partial charge in [-0.05, 0) is 31.9 Å². The highest BCUT2D eigenvalue weighted by atomic mass is 19.2. The molecule has 11 heteroatoms. The molecule has 1 spiro atoms.